The molecule has 7 heteroatoms. The lowest BCUT2D eigenvalue weighted by Gasteiger charge is -2.24. The van der Waals surface area contributed by atoms with E-state index in [1.807, 2.05) is 19.0 Å². The van der Waals surface area contributed by atoms with Gasteiger partial charge in [-0.15, -0.1) is 0 Å². The minimum Gasteiger partial charge on any atom is -0.497 e. The Morgan fingerprint density at radius 3 is 2.33 bits per heavy atom. The summed E-state index contributed by atoms with van der Waals surface area (Å²) in [7, 11) is 6.88. The first-order valence-electron chi connectivity index (χ1n) is 7.69. The van der Waals surface area contributed by atoms with Gasteiger partial charge in [-0.1, -0.05) is 0 Å². The van der Waals surface area contributed by atoms with E-state index in [1.54, 1.807) is 32.0 Å². The Morgan fingerprint density at radius 2 is 1.79 bits per heavy atom. The van der Waals surface area contributed by atoms with Gasteiger partial charge in [-0.05, 0) is 40.1 Å². The maximum Gasteiger partial charge on any atom is 0.239 e. The lowest BCUT2D eigenvalue weighted by atomic mass is 9.91. The van der Waals surface area contributed by atoms with Crippen molar-refractivity contribution < 1.29 is 19.1 Å². The normalized spacial score (nSPS) is 11.1. The molecule has 0 aliphatic heterocycles. The number of nitrogens with zero attached hydrogens (tertiary/aromatic N) is 1. The standard InChI is InChI=1S/C17H27N3O4/c1-17(2,15(21)18-9-10-20(3)4)16(22)19-13-11-12(23-5)7-8-14(13)24-6/h7-8,11H,9-10H2,1-6H3,(H,18,21)(H,19,22). The smallest absolute Gasteiger partial charge is 0.239 e. The highest BCUT2D eigenvalue weighted by Gasteiger charge is 2.36. The highest BCUT2D eigenvalue weighted by molar-refractivity contribution is 6.10. The second kappa shape index (κ2) is 8.54. The van der Waals surface area contributed by atoms with Gasteiger partial charge in [0.2, 0.25) is 11.8 Å². The summed E-state index contributed by atoms with van der Waals surface area (Å²) < 4.78 is 10.4. The van der Waals surface area contributed by atoms with E-state index < -0.39 is 11.3 Å². The molecule has 0 fully saturated rings. The van der Waals surface area contributed by atoms with Crippen molar-refractivity contribution >= 4 is 17.5 Å². The molecule has 0 saturated heterocycles. The van der Waals surface area contributed by atoms with Crippen LogP contribution in [0.3, 0.4) is 0 Å². The molecule has 0 heterocycles. The Balaban J connectivity index is 2.83. The number of methoxy groups -OCH3 is 2. The lowest BCUT2D eigenvalue weighted by Crippen LogP contribution is -2.46. The van der Waals surface area contributed by atoms with E-state index >= 15 is 0 Å². The van der Waals surface area contributed by atoms with Crippen molar-refractivity contribution in [2.75, 3.05) is 46.7 Å². The number of anilines is 1. The van der Waals surface area contributed by atoms with Crippen molar-refractivity contribution in [3.05, 3.63) is 18.2 Å². The molecule has 0 aromatic heterocycles. The van der Waals surface area contributed by atoms with Crippen LogP contribution in [0.25, 0.3) is 0 Å². The number of likely N-dealkylation sites (N-methyl/N-ethyl adjacent to an activating group) is 1. The molecule has 0 atom stereocenters. The Morgan fingerprint density at radius 1 is 1.12 bits per heavy atom. The second-order valence-electron chi connectivity index (χ2n) is 6.20. The fourth-order valence-electron chi connectivity index (χ4n) is 1.91. The molecule has 134 valence electrons. The zero-order valence-corrected chi connectivity index (χ0v) is 15.2. The molecular formula is C17H27N3O4. The van der Waals surface area contributed by atoms with E-state index in [1.165, 1.54) is 14.2 Å². The topological polar surface area (TPSA) is 79.9 Å². The lowest BCUT2D eigenvalue weighted by molar-refractivity contribution is -0.138. The van der Waals surface area contributed by atoms with Crippen LogP contribution in [0, 0.1) is 5.41 Å². The first-order valence-corrected chi connectivity index (χ1v) is 7.69. The average molecular weight is 337 g/mol. The zero-order valence-electron chi connectivity index (χ0n) is 15.2. The average Bonchev–Trinajstić information content (AvgIpc) is 2.54. The molecule has 1 aromatic carbocycles. The molecule has 0 unspecified atom stereocenters. The third kappa shape index (κ3) is 5.13. The van der Waals surface area contributed by atoms with Gasteiger partial charge in [0.25, 0.3) is 0 Å². The number of rotatable bonds is 8. The van der Waals surface area contributed by atoms with E-state index in [2.05, 4.69) is 10.6 Å². The van der Waals surface area contributed by atoms with Gasteiger partial charge >= 0.3 is 0 Å². The maximum absolute atomic E-state index is 12.6. The van der Waals surface area contributed by atoms with Crippen molar-refractivity contribution in [2.24, 2.45) is 5.41 Å². The molecule has 0 spiro atoms. The van der Waals surface area contributed by atoms with Gasteiger partial charge in [-0.2, -0.15) is 0 Å². The fraction of sp³-hybridized carbons (Fsp3) is 0.529. The van der Waals surface area contributed by atoms with Gasteiger partial charge in [0, 0.05) is 19.2 Å². The molecule has 0 aliphatic rings. The Kier molecular flexibility index (Phi) is 7.03. The molecular weight excluding hydrogens is 310 g/mol. The van der Waals surface area contributed by atoms with Gasteiger partial charge in [0.15, 0.2) is 0 Å². The number of hydrogen-bond acceptors (Lipinski definition) is 5. The summed E-state index contributed by atoms with van der Waals surface area (Å²) in [5.74, 6) is 0.326. The summed E-state index contributed by atoms with van der Waals surface area (Å²) in [6, 6.07) is 5.07. The van der Waals surface area contributed by atoms with Gasteiger partial charge in [-0.25, -0.2) is 0 Å². The molecule has 2 N–H and O–H groups in total. The van der Waals surface area contributed by atoms with Crippen molar-refractivity contribution in [1.82, 2.24) is 10.2 Å². The van der Waals surface area contributed by atoms with Crippen molar-refractivity contribution in [2.45, 2.75) is 13.8 Å². The fourth-order valence-corrected chi connectivity index (χ4v) is 1.91. The van der Waals surface area contributed by atoms with Crippen LogP contribution in [0.4, 0.5) is 5.69 Å². The molecule has 0 bridgehead atoms. The zero-order chi connectivity index (χ0) is 18.3. The van der Waals surface area contributed by atoms with Gasteiger partial charge in [-0.3, -0.25) is 9.59 Å². The van der Waals surface area contributed by atoms with E-state index in [4.69, 9.17) is 9.47 Å². The second-order valence-corrected chi connectivity index (χ2v) is 6.20. The van der Waals surface area contributed by atoms with Crippen LogP contribution in [0.1, 0.15) is 13.8 Å². The number of benzene rings is 1. The van der Waals surface area contributed by atoms with Crippen LogP contribution >= 0.6 is 0 Å². The predicted molar refractivity (Wildman–Crippen MR) is 93.5 cm³/mol. The molecule has 1 aromatic rings. The third-order valence-electron chi connectivity index (χ3n) is 3.63. The number of hydrogen-bond donors (Lipinski definition) is 2. The number of carbonyl (C=O) groups is 2. The van der Waals surface area contributed by atoms with Crippen LogP contribution in [0.5, 0.6) is 11.5 Å². The van der Waals surface area contributed by atoms with Crippen LogP contribution < -0.4 is 20.1 Å². The Hall–Kier alpha value is -2.28. The molecule has 0 radical (unpaired) electrons. The van der Waals surface area contributed by atoms with Crippen LogP contribution in [-0.4, -0.2) is 58.1 Å². The molecule has 0 aliphatic carbocycles. The molecule has 7 nitrogen and oxygen atoms in total. The molecule has 24 heavy (non-hydrogen) atoms. The molecule has 2 amide bonds. The number of carbonyl (C=O) groups excluding carboxylic acids is 2. The minimum atomic E-state index is -1.22. The van der Waals surface area contributed by atoms with Crippen LogP contribution in [-0.2, 0) is 9.59 Å². The van der Waals surface area contributed by atoms with Gasteiger partial charge < -0.3 is 25.0 Å². The quantitative estimate of drug-likeness (QED) is 0.700. The summed E-state index contributed by atoms with van der Waals surface area (Å²) in [5, 5.41) is 5.52. The maximum atomic E-state index is 12.6. The van der Waals surface area contributed by atoms with E-state index in [-0.39, 0.29) is 5.91 Å². The first kappa shape index (κ1) is 19.8. The predicted octanol–water partition coefficient (Wildman–Crippen LogP) is 1.35. The Bertz CT molecular complexity index is 585. The highest BCUT2D eigenvalue weighted by Crippen LogP contribution is 2.30. The number of amides is 2. The summed E-state index contributed by atoms with van der Waals surface area (Å²) in [5.41, 5.74) is -0.767. The number of nitrogens with one attached hydrogen (secondary N) is 2. The summed E-state index contributed by atoms with van der Waals surface area (Å²) in [6.45, 7) is 4.35. The summed E-state index contributed by atoms with van der Waals surface area (Å²) in [6.07, 6.45) is 0. The molecule has 1 rings (SSSR count). The third-order valence-corrected chi connectivity index (χ3v) is 3.63. The van der Waals surface area contributed by atoms with Crippen molar-refractivity contribution in [3.8, 4) is 11.5 Å². The number of ether oxygens (including phenoxy) is 2. The van der Waals surface area contributed by atoms with Gasteiger partial charge in [0.1, 0.15) is 16.9 Å². The van der Waals surface area contributed by atoms with Crippen LogP contribution in [0.2, 0.25) is 0 Å². The minimum absolute atomic E-state index is 0.330. The van der Waals surface area contributed by atoms with E-state index in [0.29, 0.717) is 30.3 Å². The van der Waals surface area contributed by atoms with E-state index in [0.717, 1.165) is 0 Å². The van der Waals surface area contributed by atoms with Crippen LogP contribution in [0.15, 0.2) is 18.2 Å². The van der Waals surface area contributed by atoms with Crippen molar-refractivity contribution in [1.29, 1.82) is 0 Å². The molecule has 0 saturated carbocycles. The van der Waals surface area contributed by atoms with Crippen molar-refractivity contribution in [3.63, 3.8) is 0 Å². The SMILES string of the molecule is COc1ccc(OC)c(NC(=O)C(C)(C)C(=O)NCCN(C)C)c1. The van der Waals surface area contributed by atoms with Gasteiger partial charge in [0.05, 0.1) is 19.9 Å². The summed E-state index contributed by atoms with van der Waals surface area (Å²) in [4.78, 5) is 26.8. The Labute approximate surface area is 143 Å². The first-order chi connectivity index (χ1) is 11.2. The summed E-state index contributed by atoms with van der Waals surface area (Å²) >= 11 is 0. The van der Waals surface area contributed by atoms with E-state index in [9.17, 15) is 9.59 Å². The largest absolute Gasteiger partial charge is 0.497 e. The highest BCUT2D eigenvalue weighted by atomic mass is 16.5. The monoisotopic (exact) mass is 337 g/mol.